The van der Waals surface area contributed by atoms with Gasteiger partial charge < -0.3 is 14.5 Å². The summed E-state index contributed by atoms with van der Waals surface area (Å²) < 4.78 is 63.9. The van der Waals surface area contributed by atoms with Gasteiger partial charge in [0.05, 0.1) is 18.2 Å². The van der Waals surface area contributed by atoms with Crippen molar-refractivity contribution in [2.24, 2.45) is 0 Å². The summed E-state index contributed by atoms with van der Waals surface area (Å²) in [7, 11) is 2.84. The van der Waals surface area contributed by atoms with Gasteiger partial charge in [-0.3, -0.25) is 9.59 Å². The average molecular weight is 499 g/mol. The molecule has 0 fully saturated rings. The number of benzene rings is 3. The molecule has 4 aromatic rings. The minimum absolute atomic E-state index is 0.159. The van der Waals surface area contributed by atoms with Gasteiger partial charge in [0.1, 0.15) is 22.9 Å². The molecule has 1 heterocycles. The fourth-order valence-corrected chi connectivity index (χ4v) is 4.09. The smallest absolute Gasteiger partial charge is 0.389 e. The Balaban J connectivity index is 1.99. The van der Waals surface area contributed by atoms with Crippen molar-refractivity contribution in [3.05, 3.63) is 77.1 Å². The van der Waals surface area contributed by atoms with Crippen LogP contribution in [-0.2, 0) is 6.42 Å². The Morgan fingerprint density at radius 3 is 2.36 bits per heavy atom. The summed E-state index contributed by atoms with van der Waals surface area (Å²) in [5.74, 6) is -0.477. The largest absolute Gasteiger partial charge is 0.496 e. The lowest BCUT2D eigenvalue weighted by Crippen LogP contribution is -2.18. The van der Waals surface area contributed by atoms with Gasteiger partial charge in [-0.25, -0.2) is 4.39 Å². The number of carbonyl (C=O) groups is 2. The van der Waals surface area contributed by atoms with E-state index in [4.69, 9.17) is 9.15 Å². The lowest BCUT2D eigenvalue weighted by atomic mass is 9.92. The van der Waals surface area contributed by atoms with E-state index in [0.717, 1.165) is 0 Å². The first-order valence-electron chi connectivity index (χ1n) is 10.9. The molecule has 0 saturated carbocycles. The number of amides is 1. The van der Waals surface area contributed by atoms with Gasteiger partial charge >= 0.3 is 6.18 Å². The maximum absolute atomic E-state index is 13.5. The fraction of sp³-hybridized carbons (Fsp3) is 0.185. The molecule has 4 rings (SSSR count). The van der Waals surface area contributed by atoms with Crippen LogP contribution in [-0.4, -0.2) is 32.5 Å². The third kappa shape index (κ3) is 4.95. The van der Waals surface area contributed by atoms with Crippen LogP contribution in [0.3, 0.4) is 0 Å². The third-order valence-corrected chi connectivity index (χ3v) is 5.82. The van der Waals surface area contributed by atoms with E-state index in [0.29, 0.717) is 39.7 Å². The number of halogens is 4. The number of hydrogen-bond donors (Lipinski definition) is 1. The molecule has 36 heavy (non-hydrogen) atoms. The Morgan fingerprint density at radius 1 is 1.06 bits per heavy atom. The Morgan fingerprint density at radius 2 is 1.75 bits per heavy atom. The van der Waals surface area contributed by atoms with Gasteiger partial charge in [-0.1, -0.05) is 6.07 Å². The number of ether oxygens (including phenoxy) is 1. The summed E-state index contributed by atoms with van der Waals surface area (Å²) in [5.41, 5.74) is 2.23. The number of methoxy groups -OCH3 is 1. The molecule has 1 N–H and O–H groups in total. The summed E-state index contributed by atoms with van der Waals surface area (Å²) in [6, 6.07) is 13.1. The van der Waals surface area contributed by atoms with Gasteiger partial charge in [0, 0.05) is 24.4 Å². The predicted octanol–water partition coefficient (Wildman–Crippen LogP) is 6.58. The highest BCUT2D eigenvalue weighted by Gasteiger charge is 2.28. The van der Waals surface area contributed by atoms with Crippen LogP contribution in [0.2, 0.25) is 0 Å². The van der Waals surface area contributed by atoms with Gasteiger partial charge in [0.2, 0.25) is 0 Å². The summed E-state index contributed by atoms with van der Waals surface area (Å²) in [6.45, 7) is 0. The molecule has 0 saturated heterocycles. The molecule has 3 aromatic carbocycles. The van der Waals surface area contributed by atoms with Crippen molar-refractivity contribution in [3.8, 4) is 28.2 Å². The van der Waals surface area contributed by atoms with E-state index in [2.05, 4.69) is 5.32 Å². The molecule has 0 atom stereocenters. The zero-order valence-corrected chi connectivity index (χ0v) is 19.3. The highest BCUT2D eigenvalue weighted by atomic mass is 19.4. The molecule has 9 heteroatoms. The van der Waals surface area contributed by atoms with Gasteiger partial charge in [0.15, 0.2) is 6.29 Å². The molecule has 0 radical (unpaired) electrons. The van der Waals surface area contributed by atoms with Gasteiger partial charge in [-0.2, -0.15) is 13.2 Å². The Labute approximate surface area is 203 Å². The molecular formula is C27H21F4NO4. The zero-order chi connectivity index (χ0) is 26.0. The quantitative estimate of drug-likeness (QED) is 0.230. The van der Waals surface area contributed by atoms with E-state index in [9.17, 15) is 27.2 Å². The fourth-order valence-electron chi connectivity index (χ4n) is 4.09. The topological polar surface area (TPSA) is 68.5 Å². The molecule has 0 aliphatic carbocycles. The SMILES string of the molecule is CNC(=O)c1c(-c2ccc(F)cc2)oc2cc(CCC(F)(F)F)c(-c3ccc(OC)c(C=O)c3)cc12. The summed E-state index contributed by atoms with van der Waals surface area (Å²) >= 11 is 0. The second-order valence-electron chi connectivity index (χ2n) is 8.09. The van der Waals surface area contributed by atoms with Crippen LogP contribution in [0.1, 0.15) is 32.7 Å². The predicted molar refractivity (Wildman–Crippen MR) is 127 cm³/mol. The molecule has 186 valence electrons. The number of hydrogen-bond acceptors (Lipinski definition) is 4. The van der Waals surface area contributed by atoms with Crippen LogP contribution in [0.25, 0.3) is 33.4 Å². The van der Waals surface area contributed by atoms with Crippen LogP contribution in [0.5, 0.6) is 5.75 Å². The average Bonchev–Trinajstić information content (AvgIpc) is 3.24. The molecule has 0 aliphatic heterocycles. The van der Waals surface area contributed by atoms with Crippen LogP contribution in [0, 0.1) is 5.82 Å². The standard InChI is InChI=1S/C27H21F4NO4/c1-32-26(34)24-21-13-20(16-5-8-22(35-2)18(11-16)14-33)17(9-10-27(29,30)31)12-23(21)36-25(24)15-3-6-19(28)7-4-15/h3-8,11-14H,9-10H2,1-2H3,(H,32,34). The number of rotatable bonds is 7. The molecule has 1 amide bonds. The van der Waals surface area contributed by atoms with Crippen molar-refractivity contribution < 1.29 is 36.3 Å². The van der Waals surface area contributed by atoms with Crippen molar-refractivity contribution in [1.82, 2.24) is 5.32 Å². The molecule has 0 unspecified atom stereocenters. The second-order valence-corrected chi connectivity index (χ2v) is 8.09. The van der Waals surface area contributed by atoms with E-state index in [1.54, 1.807) is 18.2 Å². The van der Waals surface area contributed by atoms with Crippen LogP contribution >= 0.6 is 0 Å². The minimum atomic E-state index is -4.39. The molecule has 0 spiro atoms. The van der Waals surface area contributed by atoms with Gasteiger partial charge in [-0.15, -0.1) is 0 Å². The van der Waals surface area contributed by atoms with Crippen LogP contribution < -0.4 is 10.1 Å². The van der Waals surface area contributed by atoms with Gasteiger partial charge in [0.25, 0.3) is 5.91 Å². The highest BCUT2D eigenvalue weighted by molar-refractivity contribution is 6.12. The summed E-state index contributed by atoms with van der Waals surface area (Å²) in [6.07, 6.45) is -5.22. The molecule has 0 bridgehead atoms. The number of alkyl halides is 3. The van der Waals surface area contributed by atoms with E-state index < -0.39 is 24.3 Å². The van der Waals surface area contributed by atoms with Crippen molar-refractivity contribution in [2.45, 2.75) is 19.0 Å². The van der Waals surface area contributed by atoms with Crippen LogP contribution in [0.4, 0.5) is 17.6 Å². The van der Waals surface area contributed by atoms with Crippen molar-refractivity contribution in [2.75, 3.05) is 14.2 Å². The Kier molecular flexibility index (Phi) is 6.83. The number of furan rings is 1. The maximum atomic E-state index is 13.5. The number of fused-ring (bicyclic) bond motifs is 1. The molecule has 1 aromatic heterocycles. The normalized spacial score (nSPS) is 11.5. The van der Waals surface area contributed by atoms with Gasteiger partial charge in [-0.05, 0) is 71.6 Å². The van der Waals surface area contributed by atoms with E-state index in [1.807, 2.05) is 0 Å². The minimum Gasteiger partial charge on any atom is -0.496 e. The van der Waals surface area contributed by atoms with Crippen LogP contribution in [0.15, 0.2) is 59.0 Å². The summed E-state index contributed by atoms with van der Waals surface area (Å²) in [5, 5.41) is 2.91. The van der Waals surface area contributed by atoms with E-state index >= 15 is 0 Å². The van der Waals surface area contributed by atoms with Crippen molar-refractivity contribution in [3.63, 3.8) is 0 Å². The Bertz CT molecular complexity index is 1440. The molecule has 5 nitrogen and oxygen atoms in total. The number of nitrogens with one attached hydrogen (secondary N) is 1. The zero-order valence-electron chi connectivity index (χ0n) is 19.3. The first-order chi connectivity index (χ1) is 17.1. The first kappa shape index (κ1) is 25.0. The number of aryl methyl sites for hydroxylation is 1. The monoisotopic (exact) mass is 499 g/mol. The lowest BCUT2D eigenvalue weighted by molar-refractivity contribution is -0.133. The molecular weight excluding hydrogens is 478 g/mol. The number of carbonyl (C=O) groups excluding carboxylic acids is 2. The third-order valence-electron chi connectivity index (χ3n) is 5.82. The van der Waals surface area contributed by atoms with Crippen molar-refractivity contribution in [1.29, 1.82) is 0 Å². The maximum Gasteiger partial charge on any atom is 0.389 e. The first-order valence-corrected chi connectivity index (χ1v) is 10.9. The molecule has 0 aliphatic rings. The van der Waals surface area contributed by atoms with E-state index in [-0.39, 0.29) is 28.9 Å². The number of aldehydes is 1. The lowest BCUT2D eigenvalue weighted by Gasteiger charge is -2.13. The van der Waals surface area contributed by atoms with E-state index in [1.165, 1.54) is 50.6 Å². The highest BCUT2D eigenvalue weighted by Crippen LogP contribution is 2.39. The Hall–Kier alpha value is -4.14. The second kappa shape index (κ2) is 9.85. The summed E-state index contributed by atoms with van der Waals surface area (Å²) in [4.78, 5) is 24.4. The van der Waals surface area contributed by atoms with Crippen molar-refractivity contribution >= 4 is 23.2 Å².